The fourth-order valence-electron chi connectivity index (χ4n) is 3.12. The van der Waals surface area contributed by atoms with E-state index in [1.54, 1.807) is 31.2 Å². The van der Waals surface area contributed by atoms with E-state index in [4.69, 9.17) is 0 Å². The van der Waals surface area contributed by atoms with Crippen LogP contribution < -0.4 is 16.2 Å². The monoisotopic (exact) mass is 403 g/mol. The Bertz CT molecular complexity index is 1100. The molecular formula is C24H25N3O3. The van der Waals surface area contributed by atoms with Gasteiger partial charge in [0, 0.05) is 11.3 Å². The number of hydrogen-bond acceptors (Lipinski definition) is 3. The highest BCUT2D eigenvalue weighted by Gasteiger charge is 2.15. The first-order valence-corrected chi connectivity index (χ1v) is 9.78. The standard InChI is InChI=1S/C24H25N3O3/c1-16-9-12-20(13-10-16)23(29)26-21-14-11-17(2)27(24(21)30)15-22(28)25-18(3)19-7-5-4-6-8-19/h4-14,18H,15H2,1-3H3,(H,25,28)(H,26,29)/t18-/m0/s1. The van der Waals surface area contributed by atoms with Gasteiger partial charge in [-0.05, 0) is 50.6 Å². The zero-order chi connectivity index (χ0) is 21.7. The van der Waals surface area contributed by atoms with E-state index in [0.29, 0.717) is 11.3 Å². The fourth-order valence-corrected chi connectivity index (χ4v) is 3.12. The summed E-state index contributed by atoms with van der Waals surface area (Å²) < 4.78 is 1.36. The van der Waals surface area contributed by atoms with Crippen molar-refractivity contribution >= 4 is 17.5 Å². The molecule has 1 atom stereocenters. The Morgan fingerprint density at radius 2 is 1.60 bits per heavy atom. The smallest absolute Gasteiger partial charge is 0.274 e. The van der Waals surface area contributed by atoms with E-state index < -0.39 is 5.56 Å². The maximum Gasteiger partial charge on any atom is 0.274 e. The lowest BCUT2D eigenvalue weighted by Crippen LogP contribution is -2.35. The summed E-state index contributed by atoms with van der Waals surface area (Å²) in [5.41, 5.74) is 2.83. The third-order valence-corrected chi connectivity index (χ3v) is 4.93. The number of nitrogens with zero attached hydrogens (tertiary/aromatic N) is 1. The number of rotatable bonds is 6. The molecule has 1 aromatic heterocycles. The fraction of sp³-hybridized carbons (Fsp3) is 0.208. The van der Waals surface area contributed by atoms with Crippen molar-refractivity contribution in [3.63, 3.8) is 0 Å². The largest absolute Gasteiger partial charge is 0.348 e. The molecule has 154 valence electrons. The Hall–Kier alpha value is -3.67. The van der Waals surface area contributed by atoms with Gasteiger partial charge in [0.05, 0.1) is 6.04 Å². The van der Waals surface area contributed by atoms with Crippen LogP contribution in [0.1, 0.15) is 40.1 Å². The van der Waals surface area contributed by atoms with Crippen molar-refractivity contribution in [2.45, 2.75) is 33.4 Å². The predicted octanol–water partition coefficient (Wildman–Crippen LogP) is 3.59. The molecule has 0 radical (unpaired) electrons. The molecule has 3 rings (SSSR count). The SMILES string of the molecule is Cc1ccc(C(=O)Nc2ccc(C)n(CC(=O)N[C@@H](C)c3ccccc3)c2=O)cc1. The molecule has 1 heterocycles. The molecule has 2 aromatic carbocycles. The van der Waals surface area contributed by atoms with Crippen molar-refractivity contribution in [3.05, 3.63) is 99.5 Å². The topological polar surface area (TPSA) is 80.2 Å². The van der Waals surface area contributed by atoms with Crippen molar-refractivity contribution in [1.29, 1.82) is 0 Å². The van der Waals surface area contributed by atoms with Gasteiger partial charge in [-0.15, -0.1) is 0 Å². The summed E-state index contributed by atoms with van der Waals surface area (Å²) in [5.74, 6) is -0.650. The lowest BCUT2D eigenvalue weighted by atomic mass is 10.1. The van der Waals surface area contributed by atoms with Crippen LogP contribution in [0.3, 0.4) is 0 Å². The minimum atomic E-state index is -0.419. The van der Waals surface area contributed by atoms with Gasteiger partial charge in [-0.2, -0.15) is 0 Å². The maximum atomic E-state index is 12.9. The first kappa shape index (κ1) is 21.0. The van der Waals surface area contributed by atoms with Crippen LogP contribution in [0.2, 0.25) is 0 Å². The number of benzene rings is 2. The zero-order valence-electron chi connectivity index (χ0n) is 17.3. The molecule has 6 heteroatoms. The first-order chi connectivity index (χ1) is 14.3. The summed E-state index contributed by atoms with van der Waals surface area (Å²) in [5, 5.41) is 5.55. The summed E-state index contributed by atoms with van der Waals surface area (Å²) in [6.07, 6.45) is 0. The molecule has 3 aromatic rings. The van der Waals surface area contributed by atoms with Gasteiger partial charge in [0.15, 0.2) is 0 Å². The number of pyridine rings is 1. The molecule has 0 aliphatic heterocycles. The van der Waals surface area contributed by atoms with Gasteiger partial charge in [-0.3, -0.25) is 14.4 Å². The summed E-state index contributed by atoms with van der Waals surface area (Å²) in [4.78, 5) is 37.9. The number of carbonyl (C=O) groups excluding carboxylic acids is 2. The number of aryl methyl sites for hydroxylation is 2. The second-order valence-electron chi connectivity index (χ2n) is 7.30. The van der Waals surface area contributed by atoms with Gasteiger partial charge in [-0.25, -0.2) is 0 Å². The van der Waals surface area contributed by atoms with E-state index in [9.17, 15) is 14.4 Å². The van der Waals surface area contributed by atoms with E-state index in [2.05, 4.69) is 10.6 Å². The Balaban J connectivity index is 1.74. The molecule has 30 heavy (non-hydrogen) atoms. The van der Waals surface area contributed by atoms with Gasteiger partial charge in [0.1, 0.15) is 12.2 Å². The zero-order valence-corrected chi connectivity index (χ0v) is 17.3. The van der Waals surface area contributed by atoms with E-state index in [1.807, 2.05) is 56.3 Å². The molecule has 0 spiro atoms. The molecule has 0 saturated carbocycles. The van der Waals surface area contributed by atoms with E-state index in [-0.39, 0.29) is 30.1 Å². The molecule has 0 unspecified atom stereocenters. The molecule has 0 aliphatic rings. The molecule has 2 amide bonds. The third-order valence-electron chi connectivity index (χ3n) is 4.93. The van der Waals surface area contributed by atoms with Gasteiger partial charge >= 0.3 is 0 Å². The van der Waals surface area contributed by atoms with Gasteiger partial charge in [0.25, 0.3) is 11.5 Å². The quantitative estimate of drug-likeness (QED) is 0.660. The van der Waals surface area contributed by atoms with Crippen LogP contribution in [0.15, 0.2) is 71.5 Å². The lowest BCUT2D eigenvalue weighted by Gasteiger charge is -2.16. The second kappa shape index (κ2) is 9.22. The minimum Gasteiger partial charge on any atom is -0.348 e. The van der Waals surface area contributed by atoms with Crippen molar-refractivity contribution in [2.75, 3.05) is 5.32 Å². The normalized spacial score (nSPS) is 11.6. The Kier molecular flexibility index (Phi) is 6.47. The van der Waals surface area contributed by atoms with E-state index >= 15 is 0 Å². The average molecular weight is 403 g/mol. The summed E-state index contributed by atoms with van der Waals surface area (Å²) in [7, 11) is 0. The first-order valence-electron chi connectivity index (χ1n) is 9.78. The van der Waals surface area contributed by atoms with E-state index in [1.165, 1.54) is 4.57 Å². The lowest BCUT2D eigenvalue weighted by molar-refractivity contribution is -0.122. The number of hydrogen-bond donors (Lipinski definition) is 2. The van der Waals surface area contributed by atoms with Gasteiger partial charge in [-0.1, -0.05) is 48.0 Å². The average Bonchev–Trinajstić information content (AvgIpc) is 2.74. The highest BCUT2D eigenvalue weighted by Crippen LogP contribution is 2.12. The molecular weight excluding hydrogens is 378 g/mol. The van der Waals surface area contributed by atoms with Crippen LogP contribution >= 0.6 is 0 Å². The van der Waals surface area contributed by atoms with Crippen molar-refractivity contribution < 1.29 is 9.59 Å². The van der Waals surface area contributed by atoms with Crippen molar-refractivity contribution in [3.8, 4) is 0 Å². The summed E-state index contributed by atoms with van der Waals surface area (Å²) in [6, 6.07) is 19.8. The number of aromatic nitrogens is 1. The van der Waals surface area contributed by atoms with Crippen LogP contribution in [0.25, 0.3) is 0 Å². The Labute approximate surface area is 175 Å². The summed E-state index contributed by atoms with van der Waals surface area (Å²) >= 11 is 0. The van der Waals surface area contributed by atoms with Crippen molar-refractivity contribution in [1.82, 2.24) is 9.88 Å². The van der Waals surface area contributed by atoms with Gasteiger partial charge < -0.3 is 15.2 Å². The maximum absolute atomic E-state index is 12.9. The molecule has 0 bridgehead atoms. The molecule has 0 aliphatic carbocycles. The molecule has 0 fully saturated rings. The van der Waals surface area contributed by atoms with Crippen LogP contribution in [0, 0.1) is 13.8 Å². The van der Waals surface area contributed by atoms with Crippen LogP contribution in [0.4, 0.5) is 5.69 Å². The van der Waals surface area contributed by atoms with Crippen molar-refractivity contribution in [2.24, 2.45) is 0 Å². The number of nitrogens with one attached hydrogen (secondary N) is 2. The molecule has 0 saturated heterocycles. The third kappa shape index (κ3) is 5.03. The molecule has 2 N–H and O–H groups in total. The second-order valence-corrected chi connectivity index (χ2v) is 7.30. The number of amides is 2. The highest BCUT2D eigenvalue weighted by molar-refractivity contribution is 6.04. The minimum absolute atomic E-state index is 0.129. The van der Waals surface area contributed by atoms with Crippen LogP contribution in [-0.4, -0.2) is 16.4 Å². The Morgan fingerprint density at radius 1 is 0.933 bits per heavy atom. The van der Waals surface area contributed by atoms with Crippen LogP contribution in [-0.2, 0) is 11.3 Å². The number of carbonyl (C=O) groups is 2. The Morgan fingerprint density at radius 3 is 2.27 bits per heavy atom. The predicted molar refractivity (Wildman–Crippen MR) is 118 cm³/mol. The highest BCUT2D eigenvalue weighted by atomic mass is 16.2. The van der Waals surface area contributed by atoms with Gasteiger partial charge in [0.2, 0.25) is 5.91 Å². The summed E-state index contributed by atoms with van der Waals surface area (Å²) in [6.45, 7) is 5.45. The van der Waals surface area contributed by atoms with E-state index in [0.717, 1.165) is 11.1 Å². The van der Waals surface area contributed by atoms with Crippen LogP contribution in [0.5, 0.6) is 0 Å². The molecule has 6 nitrogen and oxygen atoms in total. The number of anilines is 1.